The molecule has 0 saturated heterocycles. The maximum absolute atomic E-state index is 2.37. The molecule has 0 N–H and O–H groups in total. The van der Waals surface area contributed by atoms with E-state index in [9.17, 15) is 0 Å². The van der Waals surface area contributed by atoms with E-state index < -0.39 is 0 Å². The van der Waals surface area contributed by atoms with Crippen molar-refractivity contribution >= 4 is 0 Å². The zero-order valence-electron chi connectivity index (χ0n) is 16.1. The Kier molecular flexibility index (Phi) is 3.95. The molecule has 0 saturated carbocycles. The van der Waals surface area contributed by atoms with Crippen molar-refractivity contribution in [2.24, 2.45) is 11.8 Å². The second kappa shape index (κ2) is 6.02. The van der Waals surface area contributed by atoms with E-state index in [1.165, 1.54) is 33.4 Å². The summed E-state index contributed by atoms with van der Waals surface area (Å²) in [6.45, 7) is 11.7. The van der Waals surface area contributed by atoms with Crippen molar-refractivity contribution in [1.29, 1.82) is 0 Å². The molecule has 0 heteroatoms. The molecule has 0 aliphatic heterocycles. The molecule has 0 radical (unpaired) electrons. The van der Waals surface area contributed by atoms with Gasteiger partial charge in [-0.05, 0) is 78.5 Å². The minimum absolute atomic E-state index is 0.611. The average Bonchev–Trinajstić information content (AvgIpc) is 3.07. The standard InChI is InChI=1S/C25H28/c1-15(2)25-18(5)16(3)17(4)23(25)13-20-10-8-12-22-21-11-7-6-9-19(21)14-24(20)22/h6-12,15,25H,13-14H2,1-5H3. The highest BCUT2D eigenvalue weighted by Gasteiger charge is 2.30. The summed E-state index contributed by atoms with van der Waals surface area (Å²) in [6.07, 6.45) is 2.19. The van der Waals surface area contributed by atoms with Gasteiger partial charge in [0.25, 0.3) is 0 Å². The van der Waals surface area contributed by atoms with E-state index in [0.29, 0.717) is 11.8 Å². The van der Waals surface area contributed by atoms with Crippen LogP contribution in [-0.2, 0) is 12.8 Å². The summed E-state index contributed by atoms with van der Waals surface area (Å²) < 4.78 is 0. The molecule has 128 valence electrons. The first kappa shape index (κ1) is 16.4. The van der Waals surface area contributed by atoms with Crippen LogP contribution in [0.15, 0.2) is 64.8 Å². The maximum atomic E-state index is 2.37. The summed E-state index contributed by atoms with van der Waals surface area (Å²) in [5.74, 6) is 1.27. The van der Waals surface area contributed by atoms with Gasteiger partial charge in [0.15, 0.2) is 0 Å². The van der Waals surface area contributed by atoms with Crippen LogP contribution in [0.3, 0.4) is 0 Å². The van der Waals surface area contributed by atoms with E-state index in [1.54, 1.807) is 16.7 Å². The summed E-state index contributed by atoms with van der Waals surface area (Å²) in [7, 11) is 0. The Hall–Kier alpha value is -2.08. The Morgan fingerprint density at radius 1 is 0.880 bits per heavy atom. The van der Waals surface area contributed by atoms with Crippen molar-refractivity contribution in [1.82, 2.24) is 0 Å². The fraction of sp³-hybridized carbons (Fsp3) is 0.360. The van der Waals surface area contributed by atoms with Crippen molar-refractivity contribution in [2.75, 3.05) is 0 Å². The summed E-state index contributed by atoms with van der Waals surface area (Å²) in [5.41, 5.74) is 13.7. The van der Waals surface area contributed by atoms with Gasteiger partial charge in [-0.15, -0.1) is 0 Å². The molecule has 1 unspecified atom stereocenters. The second-order valence-corrected chi connectivity index (χ2v) is 8.13. The lowest BCUT2D eigenvalue weighted by Crippen LogP contribution is -2.13. The molecule has 1 atom stereocenters. The number of rotatable bonds is 3. The Bertz CT molecular complexity index is 905. The van der Waals surface area contributed by atoms with E-state index in [0.717, 1.165) is 12.8 Å². The lowest BCUT2D eigenvalue weighted by molar-refractivity contribution is 0.499. The highest BCUT2D eigenvalue weighted by atomic mass is 14.3. The summed E-state index contributed by atoms with van der Waals surface area (Å²) in [4.78, 5) is 0. The molecule has 2 aliphatic rings. The summed E-state index contributed by atoms with van der Waals surface area (Å²) in [6, 6.07) is 15.8. The number of hydrogen-bond acceptors (Lipinski definition) is 0. The molecule has 0 spiro atoms. The molecule has 0 heterocycles. The summed E-state index contributed by atoms with van der Waals surface area (Å²) >= 11 is 0. The number of allylic oxidation sites excluding steroid dienone is 4. The van der Waals surface area contributed by atoms with E-state index in [-0.39, 0.29) is 0 Å². The molecular weight excluding hydrogens is 300 g/mol. The molecular formula is C25H28. The van der Waals surface area contributed by atoms with Gasteiger partial charge in [0.1, 0.15) is 0 Å². The minimum atomic E-state index is 0.611. The van der Waals surface area contributed by atoms with Crippen LogP contribution in [0.25, 0.3) is 11.1 Å². The lowest BCUT2D eigenvalue weighted by atomic mass is 9.81. The normalized spacial score (nSPS) is 19.0. The van der Waals surface area contributed by atoms with E-state index >= 15 is 0 Å². The minimum Gasteiger partial charge on any atom is -0.0627 e. The van der Waals surface area contributed by atoms with Gasteiger partial charge in [0, 0.05) is 5.92 Å². The number of hydrogen-bond donors (Lipinski definition) is 0. The first-order valence-corrected chi connectivity index (χ1v) is 9.55. The Morgan fingerprint density at radius 2 is 1.60 bits per heavy atom. The van der Waals surface area contributed by atoms with Crippen molar-refractivity contribution in [3.05, 3.63) is 81.4 Å². The molecule has 2 aromatic carbocycles. The van der Waals surface area contributed by atoms with E-state index in [2.05, 4.69) is 77.1 Å². The van der Waals surface area contributed by atoms with Gasteiger partial charge in [0.2, 0.25) is 0 Å². The highest BCUT2D eigenvalue weighted by molar-refractivity contribution is 5.78. The van der Waals surface area contributed by atoms with Crippen LogP contribution < -0.4 is 0 Å². The molecule has 2 aromatic rings. The van der Waals surface area contributed by atoms with Crippen LogP contribution in [0, 0.1) is 11.8 Å². The first-order valence-electron chi connectivity index (χ1n) is 9.55. The van der Waals surface area contributed by atoms with E-state index in [1.807, 2.05) is 0 Å². The third kappa shape index (κ3) is 2.51. The second-order valence-electron chi connectivity index (χ2n) is 8.13. The molecule has 2 aliphatic carbocycles. The van der Waals surface area contributed by atoms with Gasteiger partial charge in [-0.1, -0.05) is 67.5 Å². The Morgan fingerprint density at radius 3 is 2.36 bits per heavy atom. The third-order valence-electron chi connectivity index (χ3n) is 6.47. The van der Waals surface area contributed by atoms with Crippen LogP contribution in [0.2, 0.25) is 0 Å². The van der Waals surface area contributed by atoms with Gasteiger partial charge in [-0.2, -0.15) is 0 Å². The SMILES string of the molecule is CC1=C(C)C(C(C)C)C(Cc2cccc3c2Cc2ccccc2-3)=C1C. The van der Waals surface area contributed by atoms with E-state index in [4.69, 9.17) is 0 Å². The smallest absolute Gasteiger partial charge is 0.00422 e. The van der Waals surface area contributed by atoms with Crippen molar-refractivity contribution in [2.45, 2.75) is 47.5 Å². The quantitative estimate of drug-likeness (QED) is 0.499. The molecule has 25 heavy (non-hydrogen) atoms. The first-order chi connectivity index (χ1) is 12.0. The number of fused-ring (bicyclic) bond motifs is 3. The monoisotopic (exact) mass is 328 g/mol. The third-order valence-corrected chi connectivity index (χ3v) is 6.47. The van der Waals surface area contributed by atoms with Crippen LogP contribution >= 0.6 is 0 Å². The molecule has 0 aromatic heterocycles. The fourth-order valence-corrected chi connectivity index (χ4v) is 5.00. The average molecular weight is 328 g/mol. The highest BCUT2D eigenvalue weighted by Crippen LogP contribution is 2.44. The van der Waals surface area contributed by atoms with Crippen molar-refractivity contribution < 1.29 is 0 Å². The van der Waals surface area contributed by atoms with Crippen LogP contribution in [0.4, 0.5) is 0 Å². The summed E-state index contributed by atoms with van der Waals surface area (Å²) in [5, 5.41) is 0. The fourth-order valence-electron chi connectivity index (χ4n) is 5.00. The predicted octanol–water partition coefficient (Wildman–Crippen LogP) is 6.74. The lowest BCUT2D eigenvalue weighted by Gasteiger charge is -2.23. The van der Waals surface area contributed by atoms with Gasteiger partial charge in [-0.3, -0.25) is 0 Å². The van der Waals surface area contributed by atoms with Gasteiger partial charge < -0.3 is 0 Å². The van der Waals surface area contributed by atoms with Crippen LogP contribution in [0.5, 0.6) is 0 Å². The van der Waals surface area contributed by atoms with Gasteiger partial charge >= 0.3 is 0 Å². The molecule has 0 fully saturated rings. The molecule has 4 rings (SSSR count). The predicted molar refractivity (Wildman–Crippen MR) is 108 cm³/mol. The maximum Gasteiger partial charge on any atom is 0.00422 e. The van der Waals surface area contributed by atoms with Gasteiger partial charge in [-0.25, -0.2) is 0 Å². The van der Waals surface area contributed by atoms with Gasteiger partial charge in [0.05, 0.1) is 0 Å². The van der Waals surface area contributed by atoms with Crippen LogP contribution in [-0.4, -0.2) is 0 Å². The molecule has 0 amide bonds. The Labute approximate surface area is 152 Å². The van der Waals surface area contributed by atoms with Crippen LogP contribution in [0.1, 0.15) is 51.3 Å². The molecule has 0 bridgehead atoms. The zero-order valence-corrected chi connectivity index (χ0v) is 16.1. The van der Waals surface area contributed by atoms with Crippen molar-refractivity contribution in [3.63, 3.8) is 0 Å². The molecule has 0 nitrogen and oxygen atoms in total. The topological polar surface area (TPSA) is 0 Å². The number of benzene rings is 2. The Balaban J connectivity index is 1.75. The van der Waals surface area contributed by atoms with Crippen molar-refractivity contribution in [3.8, 4) is 11.1 Å². The zero-order chi connectivity index (χ0) is 17.7. The largest absolute Gasteiger partial charge is 0.0627 e.